The van der Waals surface area contributed by atoms with Gasteiger partial charge in [-0.05, 0) is 36.5 Å². The molecule has 8 nitrogen and oxygen atoms in total. The van der Waals surface area contributed by atoms with Crippen LogP contribution < -0.4 is 5.32 Å². The Kier molecular flexibility index (Phi) is 4.64. The minimum atomic E-state index is -1.49. The molecule has 29 heavy (non-hydrogen) atoms. The van der Waals surface area contributed by atoms with Gasteiger partial charge in [-0.3, -0.25) is 14.4 Å². The van der Waals surface area contributed by atoms with Crippen molar-refractivity contribution in [2.24, 2.45) is 16.2 Å². The van der Waals surface area contributed by atoms with Crippen LogP contribution in [0.5, 0.6) is 0 Å². The van der Waals surface area contributed by atoms with Gasteiger partial charge in [-0.25, -0.2) is 9.59 Å². The van der Waals surface area contributed by atoms with Crippen LogP contribution in [0.4, 0.5) is 5.69 Å². The van der Waals surface area contributed by atoms with E-state index in [4.69, 9.17) is 0 Å². The molecule has 1 aromatic carbocycles. The van der Waals surface area contributed by atoms with Crippen molar-refractivity contribution < 1.29 is 33.4 Å². The lowest BCUT2D eigenvalue weighted by molar-refractivity contribution is -0.147. The lowest BCUT2D eigenvalue weighted by Gasteiger charge is -2.37. The Hall–Kier alpha value is -3.03. The van der Waals surface area contributed by atoms with Crippen LogP contribution >= 0.6 is 0 Å². The van der Waals surface area contributed by atoms with E-state index in [1.165, 1.54) is 32.4 Å². The molecule has 2 aliphatic carbocycles. The number of anilines is 1. The number of Topliss-reactive ketones (excluding diaryl/α,β-unsaturated/α-hetero) is 2. The van der Waals surface area contributed by atoms with E-state index in [1.54, 1.807) is 20.8 Å². The maximum absolute atomic E-state index is 13.3. The molecule has 3 rings (SSSR count). The Labute approximate surface area is 167 Å². The zero-order chi connectivity index (χ0) is 21.8. The summed E-state index contributed by atoms with van der Waals surface area (Å²) in [5, 5.41) is 2.64. The number of rotatable bonds is 4. The number of methoxy groups -OCH3 is 2. The van der Waals surface area contributed by atoms with E-state index >= 15 is 0 Å². The zero-order valence-electron chi connectivity index (χ0n) is 17.0. The number of hydrogen-bond donors (Lipinski definition) is 1. The van der Waals surface area contributed by atoms with E-state index in [9.17, 15) is 24.0 Å². The lowest BCUT2D eigenvalue weighted by atomic mass is 9.64. The number of fused-ring (bicyclic) bond motifs is 2. The summed E-state index contributed by atoms with van der Waals surface area (Å²) in [5.41, 5.74) is -3.06. The van der Waals surface area contributed by atoms with Gasteiger partial charge in [-0.2, -0.15) is 0 Å². The summed E-state index contributed by atoms with van der Waals surface area (Å²) in [6.07, 6.45) is 0.695. The minimum absolute atomic E-state index is 0.0348. The standard InChI is InChI=1S/C21H23NO7/c1-19(2)20(3)6-7-21(19,15(24)14(20)23)18(27)22-13-9-11(16(25)28-4)8-12(10-13)17(26)29-5/h8-10H,6-7H2,1-5H3,(H,22,27)/t20-,21-/m1/s1. The summed E-state index contributed by atoms with van der Waals surface area (Å²) in [6.45, 7) is 5.24. The third-order valence-corrected chi connectivity index (χ3v) is 6.96. The van der Waals surface area contributed by atoms with Crippen LogP contribution in [0.3, 0.4) is 0 Å². The van der Waals surface area contributed by atoms with E-state index in [1.807, 2.05) is 0 Å². The van der Waals surface area contributed by atoms with Gasteiger partial charge in [0.2, 0.25) is 17.5 Å². The molecule has 2 fully saturated rings. The van der Waals surface area contributed by atoms with Crippen LogP contribution in [-0.2, 0) is 23.9 Å². The number of nitrogens with one attached hydrogen (secondary N) is 1. The van der Waals surface area contributed by atoms with Crippen molar-refractivity contribution in [1.82, 2.24) is 0 Å². The van der Waals surface area contributed by atoms with Gasteiger partial charge < -0.3 is 14.8 Å². The van der Waals surface area contributed by atoms with E-state index in [0.29, 0.717) is 6.42 Å². The molecular formula is C21H23NO7. The van der Waals surface area contributed by atoms with Crippen LogP contribution in [0.15, 0.2) is 18.2 Å². The monoisotopic (exact) mass is 401 g/mol. The summed E-state index contributed by atoms with van der Waals surface area (Å²) < 4.78 is 9.37. The first kappa shape index (κ1) is 20.7. The molecule has 1 N–H and O–H groups in total. The molecule has 1 amide bonds. The zero-order valence-corrected chi connectivity index (χ0v) is 17.0. The first-order valence-corrected chi connectivity index (χ1v) is 9.18. The van der Waals surface area contributed by atoms with Crippen molar-refractivity contribution in [2.75, 3.05) is 19.5 Å². The fraction of sp³-hybridized carbons (Fsp3) is 0.476. The molecule has 0 aliphatic heterocycles. The smallest absolute Gasteiger partial charge is 0.337 e. The second-order valence-electron chi connectivity index (χ2n) is 8.26. The molecule has 2 atom stereocenters. The molecule has 0 heterocycles. The quantitative estimate of drug-likeness (QED) is 0.467. The SMILES string of the molecule is COC(=O)c1cc(NC(=O)[C@@]23CC[C@](C)(C(=O)C2=O)C3(C)C)cc(C(=O)OC)c1. The van der Waals surface area contributed by atoms with Crippen molar-refractivity contribution in [3.63, 3.8) is 0 Å². The van der Waals surface area contributed by atoms with Gasteiger partial charge >= 0.3 is 11.9 Å². The van der Waals surface area contributed by atoms with Gasteiger partial charge in [0.25, 0.3) is 0 Å². The maximum Gasteiger partial charge on any atom is 0.337 e. The molecule has 2 aliphatic rings. The molecule has 2 bridgehead atoms. The van der Waals surface area contributed by atoms with Gasteiger partial charge in [0.05, 0.1) is 25.3 Å². The predicted molar refractivity (Wildman–Crippen MR) is 101 cm³/mol. The fourth-order valence-electron chi connectivity index (χ4n) is 4.68. The topological polar surface area (TPSA) is 116 Å². The Balaban J connectivity index is 2.03. The number of benzene rings is 1. The van der Waals surface area contributed by atoms with Gasteiger partial charge in [0.1, 0.15) is 5.41 Å². The molecule has 8 heteroatoms. The lowest BCUT2D eigenvalue weighted by Crippen LogP contribution is -2.47. The van der Waals surface area contributed by atoms with E-state index in [0.717, 1.165) is 0 Å². The molecule has 154 valence electrons. The average Bonchev–Trinajstić information content (AvgIpc) is 2.97. The van der Waals surface area contributed by atoms with Gasteiger partial charge in [0, 0.05) is 11.1 Å². The highest BCUT2D eigenvalue weighted by molar-refractivity contribution is 6.49. The molecule has 0 radical (unpaired) electrons. The number of carbonyl (C=O) groups is 5. The minimum Gasteiger partial charge on any atom is -0.465 e. The van der Waals surface area contributed by atoms with E-state index in [-0.39, 0.29) is 23.2 Å². The fourth-order valence-corrected chi connectivity index (χ4v) is 4.68. The highest BCUT2D eigenvalue weighted by atomic mass is 16.5. The summed E-state index contributed by atoms with van der Waals surface area (Å²) >= 11 is 0. The van der Waals surface area contributed by atoms with Crippen molar-refractivity contribution >= 4 is 35.1 Å². The highest BCUT2D eigenvalue weighted by Crippen LogP contribution is 2.69. The molecule has 1 aromatic rings. The summed E-state index contributed by atoms with van der Waals surface area (Å²) in [4.78, 5) is 62.6. The van der Waals surface area contributed by atoms with Crippen molar-refractivity contribution in [3.8, 4) is 0 Å². The van der Waals surface area contributed by atoms with Crippen molar-refractivity contribution in [1.29, 1.82) is 0 Å². The Bertz CT molecular complexity index is 930. The second kappa shape index (κ2) is 6.50. The number of carbonyl (C=O) groups excluding carboxylic acids is 5. The largest absolute Gasteiger partial charge is 0.465 e. The summed E-state index contributed by atoms with van der Waals surface area (Å²) in [5.74, 6) is -3.25. The van der Waals surface area contributed by atoms with Crippen LogP contribution in [-0.4, -0.2) is 43.6 Å². The van der Waals surface area contributed by atoms with Gasteiger partial charge in [-0.1, -0.05) is 20.8 Å². The predicted octanol–water partition coefficient (Wildman–Crippen LogP) is 2.16. The maximum atomic E-state index is 13.3. The van der Waals surface area contributed by atoms with Gasteiger partial charge in [0.15, 0.2) is 0 Å². The molecular weight excluding hydrogens is 378 g/mol. The third-order valence-electron chi connectivity index (χ3n) is 6.96. The molecule has 0 spiro atoms. The molecule has 0 unspecified atom stereocenters. The Morgan fingerprint density at radius 2 is 1.38 bits per heavy atom. The molecule has 0 saturated heterocycles. The summed E-state index contributed by atoms with van der Waals surface area (Å²) in [7, 11) is 2.38. The van der Waals surface area contributed by atoms with E-state index < -0.39 is 45.7 Å². The normalized spacial score (nSPS) is 26.9. The molecule has 2 saturated carbocycles. The van der Waals surface area contributed by atoms with Crippen molar-refractivity contribution in [3.05, 3.63) is 29.3 Å². The third kappa shape index (κ3) is 2.54. The highest BCUT2D eigenvalue weighted by Gasteiger charge is 2.77. The second-order valence-corrected chi connectivity index (χ2v) is 8.26. The first-order chi connectivity index (χ1) is 13.5. The van der Waals surface area contributed by atoms with Crippen LogP contribution in [0.25, 0.3) is 0 Å². The average molecular weight is 401 g/mol. The Morgan fingerprint density at radius 3 is 1.79 bits per heavy atom. The number of ketones is 2. The van der Waals surface area contributed by atoms with Crippen LogP contribution in [0.2, 0.25) is 0 Å². The first-order valence-electron chi connectivity index (χ1n) is 9.18. The van der Waals surface area contributed by atoms with Gasteiger partial charge in [-0.15, -0.1) is 0 Å². The van der Waals surface area contributed by atoms with E-state index in [2.05, 4.69) is 14.8 Å². The number of ether oxygens (including phenoxy) is 2. The van der Waals surface area contributed by atoms with Crippen LogP contribution in [0, 0.1) is 16.2 Å². The molecule has 0 aromatic heterocycles. The number of esters is 2. The van der Waals surface area contributed by atoms with Crippen molar-refractivity contribution in [2.45, 2.75) is 33.6 Å². The van der Waals surface area contributed by atoms with Crippen LogP contribution in [0.1, 0.15) is 54.3 Å². The number of amides is 1. The number of hydrogen-bond acceptors (Lipinski definition) is 7. The Morgan fingerprint density at radius 1 is 0.862 bits per heavy atom. The summed E-state index contributed by atoms with van der Waals surface area (Å²) in [6, 6.07) is 3.97.